The molecule has 50 heavy (non-hydrogen) atoms. The average molecular weight is 684 g/mol. The number of nitrogens with zero attached hydrogens (tertiary/aromatic N) is 5. The molecule has 1 unspecified atom stereocenters. The van der Waals surface area contributed by atoms with Gasteiger partial charge in [-0.05, 0) is 75.5 Å². The Hall–Kier alpha value is -4.61. The molecule has 11 nitrogen and oxygen atoms in total. The van der Waals surface area contributed by atoms with Crippen molar-refractivity contribution in [3.8, 4) is 17.2 Å². The fraction of sp³-hybridized carbons (Fsp3) is 0.462. The predicted molar refractivity (Wildman–Crippen MR) is 193 cm³/mol. The van der Waals surface area contributed by atoms with E-state index in [4.69, 9.17) is 23.9 Å². The Morgan fingerprint density at radius 1 is 0.860 bits per heavy atom. The van der Waals surface area contributed by atoms with Gasteiger partial charge in [-0.3, -0.25) is 14.5 Å². The van der Waals surface area contributed by atoms with Crippen LogP contribution in [0.2, 0.25) is 0 Å². The number of imidazole rings is 1. The number of hydrogen-bond donors (Lipinski definition) is 0. The van der Waals surface area contributed by atoms with Crippen LogP contribution in [0.15, 0.2) is 66.7 Å². The molecular formula is C39H49N5O6. The van der Waals surface area contributed by atoms with Crippen LogP contribution in [0.3, 0.4) is 0 Å². The topological polar surface area (TPSA) is 98.6 Å². The van der Waals surface area contributed by atoms with E-state index in [0.717, 1.165) is 68.2 Å². The summed E-state index contributed by atoms with van der Waals surface area (Å²) in [6.07, 6.45) is 2.82. The molecule has 0 saturated carbocycles. The highest BCUT2D eigenvalue weighted by molar-refractivity contribution is 6.08. The second kappa shape index (κ2) is 15.9. The van der Waals surface area contributed by atoms with Gasteiger partial charge in [-0.2, -0.15) is 0 Å². The van der Waals surface area contributed by atoms with E-state index in [1.807, 2.05) is 31.2 Å². The van der Waals surface area contributed by atoms with Crippen molar-refractivity contribution < 1.29 is 28.5 Å². The van der Waals surface area contributed by atoms with Crippen LogP contribution in [0.5, 0.6) is 17.2 Å². The van der Waals surface area contributed by atoms with E-state index >= 15 is 0 Å². The summed E-state index contributed by atoms with van der Waals surface area (Å²) in [5.41, 5.74) is 2.83. The molecule has 3 heterocycles. The van der Waals surface area contributed by atoms with Crippen LogP contribution in [-0.2, 0) is 22.5 Å². The van der Waals surface area contributed by atoms with Gasteiger partial charge in [0.05, 0.1) is 44.4 Å². The Morgan fingerprint density at radius 2 is 1.60 bits per heavy atom. The maximum absolute atomic E-state index is 14.5. The molecule has 0 aliphatic carbocycles. The maximum atomic E-state index is 14.5. The van der Waals surface area contributed by atoms with Crippen molar-refractivity contribution in [1.29, 1.82) is 0 Å². The predicted octanol–water partition coefficient (Wildman–Crippen LogP) is 5.30. The number of hydrogen-bond acceptors (Lipinski definition) is 9. The van der Waals surface area contributed by atoms with Gasteiger partial charge < -0.3 is 33.3 Å². The second-order valence-electron chi connectivity index (χ2n) is 13.0. The molecule has 0 N–H and O–H groups in total. The highest BCUT2D eigenvalue weighted by Gasteiger charge is 2.48. The van der Waals surface area contributed by atoms with E-state index in [9.17, 15) is 9.59 Å². The largest absolute Gasteiger partial charge is 0.493 e. The Labute approximate surface area is 294 Å². The zero-order valence-corrected chi connectivity index (χ0v) is 29.7. The van der Waals surface area contributed by atoms with Crippen molar-refractivity contribution in [3.05, 3.63) is 77.9 Å². The van der Waals surface area contributed by atoms with Crippen LogP contribution < -0.4 is 19.1 Å². The van der Waals surface area contributed by atoms with Crippen LogP contribution >= 0.6 is 0 Å². The number of likely N-dealkylation sites (tertiary alicyclic amines) is 1. The number of carbonyl (C=O) groups excluding carboxylic acids is 2. The summed E-state index contributed by atoms with van der Waals surface area (Å²) in [7, 11) is 4.54. The lowest BCUT2D eigenvalue weighted by Crippen LogP contribution is -2.42. The molecule has 0 radical (unpaired) electrons. The summed E-state index contributed by atoms with van der Waals surface area (Å²) in [6.45, 7) is 8.74. The third-order valence-electron chi connectivity index (χ3n) is 10.1. The first-order chi connectivity index (χ1) is 24.4. The Morgan fingerprint density at radius 3 is 2.32 bits per heavy atom. The number of fused-ring (bicyclic) bond motifs is 1. The van der Waals surface area contributed by atoms with E-state index in [0.29, 0.717) is 61.8 Å². The molecule has 11 heteroatoms. The number of amides is 2. The highest BCUT2D eigenvalue weighted by Crippen LogP contribution is 2.42. The maximum Gasteiger partial charge on any atom is 0.260 e. The summed E-state index contributed by atoms with van der Waals surface area (Å²) >= 11 is 0. The monoisotopic (exact) mass is 683 g/mol. The van der Waals surface area contributed by atoms with Crippen molar-refractivity contribution in [1.82, 2.24) is 19.4 Å². The molecular weight excluding hydrogens is 634 g/mol. The van der Waals surface area contributed by atoms with E-state index in [-0.39, 0.29) is 11.8 Å². The van der Waals surface area contributed by atoms with Gasteiger partial charge in [0.25, 0.3) is 5.91 Å². The number of benzene rings is 3. The summed E-state index contributed by atoms with van der Waals surface area (Å²) in [5, 5.41) is 0. The van der Waals surface area contributed by atoms with Crippen molar-refractivity contribution >= 4 is 28.8 Å². The number of para-hydroxylation sites is 2. The Kier molecular flexibility index (Phi) is 11.2. The number of aromatic nitrogens is 2. The Balaban J connectivity index is 1.19. The normalized spacial score (nSPS) is 18.4. The molecule has 266 valence electrons. The minimum atomic E-state index is -0.698. The van der Waals surface area contributed by atoms with E-state index in [2.05, 4.69) is 44.7 Å². The molecule has 4 aromatic rings. The fourth-order valence-corrected chi connectivity index (χ4v) is 7.44. The molecule has 0 spiro atoms. The lowest BCUT2D eigenvalue weighted by molar-refractivity contribution is -0.134. The van der Waals surface area contributed by atoms with Crippen LogP contribution in [-0.4, -0.2) is 105 Å². The lowest BCUT2D eigenvalue weighted by atomic mass is 9.77. The zero-order valence-electron chi connectivity index (χ0n) is 29.7. The quantitative estimate of drug-likeness (QED) is 0.130. The first-order valence-electron chi connectivity index (χ1n) is 17.6. The van der Waals surface area contributed by atoms with E-state index in [1.54, 1.807) is 12.1 Å². The summed E-state index contributed by atoms with van der Waals surface area (Å²) < 4.78 is 24.4. The molecule has 1 atom stereocenters. The van der Waals surface area contributed by atoms with Gasteiger partial charge in [-0.1, -0.05) is 42.5 Å². The summed E-state index contributed by atoms with van der Waals surface area (Å²) in [5.74, 6) is 1.65. The van der Waals surface area contributed by atoms with Crippen molar-refractivity contribution in [2.24, 2.45) is 5.41 Å². The number of anilines is 1. The third-order valence-corrected chi connectivity index (χ3v) is 10.1. The van der Waals surface area contributed by atoms with Gasteiger partial charge >= 0.3 is 0 Å². The first kappa shape index (κ1) is 35.2. The highest BCUT2D eigenvalue weighted by atomic mass is 16.5. The smallest absolute Gasteiger partial charge is 0.260 e. The van der Waals surface area contributed by atoms with Crippen molar-refractivity contribution in [2.75, 3.05) is 78.7 Å². The van der Waals surface area contributed by atoms with Gasteiger partial charge in [0, 0.05) is 44.9 Å². The number of imide groups is 1. The van der Waals surface area contributed by atoms with Crippen molar-refractivity contribution in [3.63, 3.8) is 0 Å². The molecule has 6 rings (SSSR count). The Bertz CT molecular complexity index is 1750. The molecule has 2 fully saturated rings. The van der Waals surface area contributed by atoms with E-state index < -0.39 is 5.41 Å². The second-order valence-corrected chi connectivity index (χ2v) is 13.0. The SMILES string of the molecule is CCOCCn1c(N2CCCN(CCC3(Cc4ccccc4)CCN(C(=O)c4cc(OC)c(OC)c(OC)c4)C3=O)CC2)nc2ccccc21. The summed E-state index contributed by atoms with van der Waals surface area (Å²) in [4.78, 5) is 39.7. The van der Waals surface area contributed by atoms with Gasteiger partial charge in [-0.15, -0.1) is 0 Å². The minimum absolute atomic E-state index is 0.125. The summed E-state index contributed by atoms with van der Waals surface area (Å²) in [6, 6.07) is 21.7. The average Bonchev–Trinajstić information content (AvgIpc) is 3.56. The van der Waals surface area contributed by atoms with Crippen molar-refractivity contribution in [2.45, 2.75) is 39.2 Å². The minimum Gasteiger partial charge on any atom is -0.493 e. The number of methoxy groups -OCH3 is 3. The van der Waals surface area contributed by atoms with Crippen LogP contribution in [0.1, 0.15) is 42.1 Å². The molecule has 2 aliphatic rings. The number of carbonyl (C=O) groups is 2. The molecule has 0 bridgehead atoms. The third kappa shape index (κ3) is 7.29. The van der Waals surface area contributed by atoms with Gasteiger partial charge in [0.2, 0.25) is 17.6 Å². The zero-order chi connectivity index (χ0) is 35.1. The van der Waals surface area contributed by atoms with Crippen LogP contribution in [0, 0.1) is 5.41 Å². The molecule has 2 aliphatic heterocycles. The number of ether oxygens (including phenoxy) is 4. The molecule has 2 amide bonds. The van der Waals surface area contributed by atoms with Gasteiger partial charge in [-0.25, -0.2) is 4.98 Å². The standard InChI is InChI=1S/C39H49N5O6/c1-5-50-25-24-43-32-15-10-9-14-31(32)40-38(43)42-19-11-18-41(22-23-42)20-16-39(28-29-12-7-6-8-13-29)17-21-44(37(39)46)36(45)30-26-33(47-2)35(49-4)34(27-30)48-3/h6-10,12-15,26-27H,5,11,16-25,28H2,1-4H3. The molecule has 1 aromatic heterocycles. The fourth-order valence-electron chi connectivity index (χ4n) is 7.44. The number of rotatable bonds is 14. The first-order valence-corrected chi connectivity index (χ1v) is 17.6. The van der Waals surface area contributed by atoms with Gasteiger partial charge in [0.15, 0.2) is 11.5 Å². The van der Waals surface area contributed by atoms with Crippen LogP contribution in [0.25, 0.3) is 11.0 Å². The van der Waals surface area contributed by atoms with E-state index in [1.165, 1.54) is 26.2 Å². The lowest BCUT2D eigenvalue weighted by Gasteiger charge is -2.31. The molecule has 2 saturated heterocycles. The van der Waals surface area contributed by atoms with Gasteiger partial charge in [0.1, 0.15) is 0 Å². The van der Waals surface area contributed by atoms with Crippen LogP contribution in [0.4, 0.5) is 5.95 Å². The molecule has 3 aromatic carbocycles.